The molecule has 132 valence electrons. The van der Waals surface area contributed by atoms with Gasteiger partial charge in [-0.25, -0.2) is 0 Å². The Balaban J connectivity index is 1.69. The molecule has 0 fully saturated rings. The van der Waals surface area contributed by atoms with Crippen LogP contribution >= 0.6 is 0 Å². The summed E-state index contributed by atoms with van der Waals surface area (Å²) in [5.41, 5.74) is 3.73. The Labute approximate surface area is 154 Å². The third-order valence-corrected chi connectivity index (χ3v) is 4.24. The van der Waals surface area contributed by atoms with E-state index in [9.17, 15) is 4.79 Å². The Hall–Kier alpha value is -3.14. The number of amides is 1. The number of aromatic nitrogens is 1. The van der Waals surface area contributed by atoms with Gasteiger partial charge in [0.2, 0.25) is 0 Å². The number of hydrogen-bond donors (Lipinski definition) is 1. The van der Waals surface area contributed by atoms with Crippen LogP contribution < -0.4 is 10.2 Å². The van der Waals surface area contributed by atoms with Crippen molar-refractivity contribution in [1.82, 2.24) is 10.3 Å². The zero-order chi connectivity index (χ0) is 18.2. The summed E-state index contributed by atoms with van der Waals surface area (Å²) in [6, 6.07) is 24.0. The maximum Gasteiger partial charge on any atom is 0.270 e. The molecule has 26 heavy (non-hydrogen) atoms. The first kappa shape index (κ1) is 17.7. The number of pyridine rings is 1. The van der Waals surface area contributed by atoms with Crippen molar-refractivity contribution in [3.05, 3.63) is 95.8 Å². The van der Waals surface area contributed by atoms with Crippen molar-refractivity contribution in [2.45, 2.75) is 20.0 Å². The van der Waals surface area contributed by atoms with Gasteiger partial charge in [0, 0.05) is 31.5 Å². The molecule has 0 unspecified atom stereocenters. The molecule has 0 atom stereocenters. The molecule has 0 spiro atoms. The molecule has 0 saturated carbocycles. The molecule has 1 heterocycles. The Morgan fingerprint density at radius 3 is 2.27 bits per heavy atom. The van der Waals surface area contributed by atoms with Crippen LogP contribution in [0, 0.1) is 0 Å². The second-order valence-electron chi connectivity index (χ2n) is 6.07. The molecule has 0 aliphatic rings. The van der Waals surface area contributed by atoms with Crippen molar-refractivity contribution in [3.8, 4) is 0 Å². The predicted molar refractivity (Wildman–Crippen MR) is 105 cm³/mol. The van der Waals surface area contributed by atoms with Gasteiger partial charge < -0.3 is 10.2 Å². The quantitative estimate of drug-likeness (QED) is 0.703. The van der Waals surface area contributed by atoms with Gasteiger partial charge in [0.15, 0.2) is 0 Å². The van der Waals surface area contributed by atoms with Crippen molar-refractivity contribution in [1.29, 1.82) is 0 Å². The summed E-state index contributed by atoms with van der Waals surface area (Å²) in [6.07, 6.45) is 1.69. The normalized spacial score (nSPS) is 10.3. The Kier molecular flexibility index (Phi) is 5.99. The third kappa shape index (κ3) is 4.70. The number of anilines is 1. The minimum absolute atomic E-state index is 0.161. The predicted octanol–water partition coefficient (Wildman–Crippen LogP) is 4.04. The second kappa shape index (κ2) is 8.81. The maximum absolute atomic E-state index is 12.4. The average molecular weight is 345 g/mol. The highest BCUT2D eigenvalue weighted by atomic mass is 16.1. The molecule has 0 bridgehead atoms. The lowest BCUT2D eigenvalue weighted by Crippen LogP contribution is -2.25. The van der Waals surface area contributed by atoms with Crippen LogP contribution in [0.4, 0.5) is 5.69 Å². The van der Waals surface area contributed by atoms with Crippen molar-refractivity contribution < 1.29 is 4.79 Å². The van der Waals surface area contributed by atoms with Crippen LogP contribution in [0.2, 0.25) is 0 Å². The summed E-state index contributed by atoms with van der Waals surface area (Å²) in [4.78, 5) is 18.9. The van der Waals surface area contributed by atoms with E-state index in [1.165, 1.54) is 5.56 Å². The molecule has 0 radical (unpaired) electrons. The molecule has 3 rings (SSSR count). The molecule has 4 nitrogen and oxygen atoms in total. The number of carbonyl (C=O) groups excluding carboxylic acids is 1. The summed E-state index contributed by atoms with van der Waals surface area (Å²) in [5.74, 6) is -0.161. The van der Waals surface area contributed by atoms with Crippen LogP contribution in [-0.4, -0.2) is 17.4 Å². The van der Waals surface area contributed by atoms with Gasteiger partial charge in [0.25, 0.3) is 5.91 Å². The summed E-state index contributed by atoms with van der Waals surface area (Å²) >= 11 is 0. The zero-order valence-electron chi connectivity index (χ0n) is 14.9. The van der Waals surface area contributed by atoms with Gasteiger partial charge in [0.05, 0.1) is 0 Å². The first-order valence-corrected chi connectivity index (χ1v) is 8.83. The topological polar surface area (TPSA) is 45.2 Å². The summed E-state index contributed by atoms with van der Waals surface area (Å²) in [5, 5.41) is 2.93. The minimum Gasteiger partial charge on any atom is -0.367 e. The SMILES string of the molecule is CCN(Cc1ccccc1)c1ccnc(C(=O)NCc2ccccc2)c1. The van der Waals surface area contributed by atoms with E-state index in [0.717, 1.165) is 24.3 Å². The number of benzene rings is 2. The number of hydrogen-bond acceptors (Lipinski definition) is 3. The lowest BCUT2D eigenvalue weighted by Gasteiger charge is -2.23. The summed E-state index contributed by atoms with van der Waals surface area (Å²) in [7, 11) is 0. The molecule has 2 aromatic carbocycles. The zero-order valence-corrected chi connectivity index (χ0v) is 14.9. The van der Waals surface area contributed by atoms with Crippen LogP contribution in [-0.2, 0) is 13.1 Å². The highest BCUT2D eigenvalue weighted by molar-refractivity contribution is 5.93. The van der Waals surface area contributed by atoms with Crippen LogP contribution in [0.5, 0.6) is 0 Å². The van der Waals surface area contributed by atoms with Gasteiger partial charge in [-0.05, 0) is 30.2 Å². The first-order valence-electron chi connectivity index (χ1n) is 8.83. The van der Waals surface area contributed by atoms with E-state index in [2.05, 4.69) is 34.3 Å². The second-order valence-corrected chi connectivity index (χ2v) is 6.07. The summed E-state index contributed by atoms with van der Waals surface area (Å²) in [6.45, 7) is 4.25. The monoisotopic (exact) mass is 345 g/mol. The van der Waals surface area contributed by atoms with Gasteiger partial charge >= 0.3 is 0 Å². The van der Waals surface area contributed by atoms with Crippen LogP contribution in [0.15, 0.2) is 79.0 Å². The van der Waals surface area contributed by atoms with Gasteiger partial charge in [-0.15, -0.1) is 0 Å². The molecular formula is C22H23N3O. The lowest BCUT2D eigenvalue weighted by atomic mass is 10.2. The van der Waals surface area contributed by atoms with E-state index in [1.807, 2.05) is 60.7 Å². The van der Waals surface area contributed by atoms with Gasteiger partial charge in [-0.3, -0.25) is 9.78 Å². The molecule has 1 amide bonds. The van der Waals surface area contributed by atoms with Crippen LogP contribution in [0.1, 0.15) is 28.5 Å². The smallest absolute Gasteiger partial charge is 0.270 e. The highest BCUT2D eigenvalue weighted by Crippen LogP contribution is 2.17. The molecule has 3 aromatic rings. The Morgan fingerprint density at radius 1 is 0.962 bits per heavy atom. The lowest BCUT2D eigenvalue weighted by molar-refractivity contribution is 0.0946. The number of rotatable bonds is 7. The van der Waals surface area contributed by atoms with Crippen molar-refractivity contribution in [3.63, 3.8) is 0 Å². The average Bonchev–Trinajstić information content (AvgIpc) is 2.72. The van der Waals surface area contributed by atoms with E-state index in [-0.39, 0.29) is 5.91 Å². The fraction of sp³-hybridized carbons (Fsp3) is 0.182. The van der Waals surface area contributed by atoms with Gasteiger partial charge in [-0.2, -0.15) is 0 Å². The minimum atomic E-state index is -0.161. The van der Waals surface area contributed by atoms with Crippen LogP contribution in [0.25, 0.3) is 0 Å². The fourth-order valence-electron chi connectivity index (χ4n) is 2.80. The maximum atomic E-state index is 12.4. The van der Waals surface area contributed by atoms with E-state index in [4.69, 9.17) is 0 Å². The van der Waals surface area contributed by atoms with E-state index in [1.54, 1.807) is 6.20 Å². The van der Waals surface area contributed by atoms with Crippen LogP contribution in [0.3, 0.4) is 0 Å². The molecule has 1 N–H and O–H groups in total. The number of nitrogens with zero attached hydrogens (tertiary/aromatic N) is 2. The van der Waals surface area contributed by atoms with Gasteiger partial charge in [-0.1, -0.05) is 60.7 Å². The molecule has 0 saturated heterocycles. The largest absolute Gasteiger partial charge is 0.367 e. The third-order valence-electron chi connectivity index (χ3n) is 4.24. The summed E-state index contributed by atoms with van der Waals surface area (Å²) < 4.78 is 0. The van der Waals surface area contributed by atoms with Crippen molar-refractivity contribution in [2.24, 2.45) is 0 Å². The number of nitrogens with one attached hydrogen (secondary N) is 1. The highest BCUT2D eigenvalue weighted by Gasteiger charge is 2.11. The Morgan fingerprint density at radius 2 is 1.62 bits per heavy atom. The molecular weight excluding hydrogens is 322 g/mol. The standard InChI is InChI=1S/C22H23N3O/c1-2-25(17-19-11-7-4-8-12-19)20-13-14-23-21(15-20)22(26)24-16-18-9-5-3-6-10-18/h3-15H,2,16-17H2,1H3,(H,24,26). The van der Waals surface area contributed by atoms with E-state index < -0.39 is 0 Å². The van der Waals surface area contributed by atoms with Crippen molar-refractivity contribution in [2.75, 3.05) is 11.4 Å². The number of carbonyl (C=O) groups is 1. The molecule has 1 aromatic heterocycles. The first-order chi connectivity index (χ1) is 12.8. The van der Waals surface area contributed by atoms with Gasteiger partial charge in [0.1, 0.15) is 5.69 Å². The molecule has 0 aliphatic carbocycles. The molecule has 4 heteroatoms. The van der Waals surface area contributed by atoms with E-state index in [0.29, 0.717) is 12.2 Å². The Bertz CT molecular complexity index is 834. The molecule has 0 aliphatic heterocycles. The fourth-order valence-corrected chi connectivity index (χ4v) is 2.80. The van der Waals surface area contributed by atoms with E-state index >= 15 is 0 Å². The van der Waals surface area contributed by atoms with Crippen molar-refractivity contribution >= 4 is 11.6 Å².